The molecule has 0 radical (unpaired) electrons. The summed E-state index contributed by atoms with van der Waals surface area (Å²) in [5, 5.41) is 8.98. The molecule has 0 unspecified atom stereocenters. The van der Waals surface area contributed by atoms with Crippen LogP contribution in [0.5, 0.6) is 0 Å². The Balaban J connectivity index is 0.00000200. The predicted molar refractivity (Wildman–Crippen MR) is 83.4 cm³/mol. The molecular weight excluding hydrogens is 274 g/mol. The highest BCUT2D eigenvalue weighted by Gasteiger charge is 2.24. The van der Waals surface area contributed by atoms with Crippen LogP contribution < -0.4 is 0 Å². The van der Waals surface area contributed by atoms with E-state index >= 15 is 0 Å². The molecule has 1 aromatic rings. The first kappa shape index (κ1) is 17.0. The Hall–Kier alpha value is -1.06. The molecule has 0 aliphatic carbocycles. The quantitative estimate of drug-likeness (QED) is 0.924. The summed E-state index contributed by atoms with van der Waals surface area (Å²) in [5.74, 6) is -0.208. The lowest BCUT2D eigenvalue weighted by Crippen LogP contribution is -2.35. The van der Waals surface area contributed by atoms with Gasteiger partial charge >= 0.3 is 5.97 Å². The number of nitrogens with zero attached hydrogens (tertiary/aromatic N) is 1. The molecule has 0 amide bonds. The van der Waals surface area contributed by atoms with Crippen molar-refractivity contribution < 1.29 is 9.90 Å². The SMILES string of the molecule is CC(C)c1ccc(CN2CCC(C(=O)O)CC2)cc1.Cl. The highest BCUT2D eigenvalue weighted by atomic mass is 35.5. The van der Waals surface area contributed by atoms with E-state index in [4.69, 9.17) is 5.11 Å². The number of likely N-dealkylation sites (tertiary alicyclic amines) is 1. The lowest BCUT2D eigenvalue weighted by Gasteiger charge is -2.30. The summed E-state index contributed by atoms with van der Waals surface area (Å²) in [4.78, 5) is 13.3. The van der Waals surface area contributed by atoms with Crippen LogP contribution in [0.2, 0.25) is 0 Å². The summed E-state index contributed by atoms with van der Waals surface area (Å²) in [6, 6.07) is 8.78. The standard InChI is InChI=1S/C16H23NO2.ClH/c1-12(2)14-5-3-13(4-6-14)11-17-9-7-15(8-10-17)16(18)19;/h3-6,12,15H,7-11H2,1-2H3,(H,18,19);1H. The third-order valence-electron chi connectivity index (χ3n) is 3.99. The smallest absolute Gasteiger partial charge is 0.306 e. The minimum Gasteiger partial charge on any atom is -0.481 e. The van der Waals surface area contributed by atoms with Crippen molar-refractivity contribution >= 4 is 18.4 Å². The number of carboxylic acid groups (broad SMARTS) is 1. The maximum absolute atomic E-state index is 10.9. The van der Waals surface area contributed by atoms with Crippen molar-refractivity contribution in [3.8, 4) is 0 Å². The molecule has 20 heavy (non-hydrogen) atoms. The molecular formula is C16H24ClNO2. The Morgan fingerprint density at radius 3 is 2.25 bits per heavy atom. The van der Waals surface area contributed by atoms with Crippen LogP contribution in [-0.2, 0) is 11.3 Å². The van der Waals surface area contributed by atoms with Crippen molar-refractivity contribution in [1.29, 1.82) is 0 Å². The van der Waals surface area contributed by atoms with Crippen LogP contribution >= 0.6 is 12.4 Å². The predicted octanol–water partition coefficient (Wildman–Crippen LogP) is 3.53. The molecule has 0 spiro atoms. The van der Waals surface area contributed by atoms with Gasteiger partial charge in [-0.25, -0.2) is 0 Å². The number of benzene rings is 1. The van der Waals surface area contributed by atoms with E-state index in [0.717, 1.165) is 32.5 Å². The Labute approximate surface area is 127 Å². The van der Waals surface area contributed by atoms with Crippen LogP contribution in [0.3, 0.4) is 0 Å². The van der Waals surface area contributed by atoms with Crippen molar-refractivity contribution in [3.63, 3.8) is 0 Å². The average molecular weight is 298 g/mol. The van der Waals surface area contributed by atoms with Crippen LogP contribution in [0.25, 0.3) is 0 Å². The molecule has 1 fully saturated rings. The number of carboxylic acids is 1. The van der Waals surface area contributed by atoms with Crippen LogP contribution in [0.1, 0.15) is 43.7 Å². The molecule has 1 aromatic carbocycles. The molecule has 1 saturated heterocycles. The molecule has 1 aliphatic rings. The third kappa shape index (κ3) is 4.50. The highest BCUT2D eigenvalue weighted by molar-refractivity contribution is 5.85. The van der Waals surface area contributed by atoms with E-state index in [9.17, 15) is 4.79 Å². The average Bonchev–Trinajstić information content (AvgIpc) is 2.40. The monoisotopic (exact) mass is 297 g/mol. The third-order valence-corrected chi connectivity index (χ3v) is 3.99. The van der Waals surface area contributed by atoms with Gasteiger partial charge in [0.15, 0.2) is 0 Å². The van der Waals surface area contributed by atoms with E-state index in [0.29, 0.717) is 5.92 Å². The van der Waals surface area contributed by atoms with E-state index in [1.165, 1.54) is 11.1 Å². The molecule has 0 atom stereocenters. The van der Waals surface area contributed by atoms with Gasteiger partial charge in [-0.2, -0.15) is 0 Å². The van der Waals surface area contributed by atoms with Crippen molar-refractivity contribution in [2.24, 2.45) is 5.92 Å². The largest absolute Gasteiger partial charge is 0.481 e. The summed E-state index contributed by atoms with van der Waals surface area (Å²) >= 11 is 0. The second-order valence-corrected chi connectivity index (χ2v) is 5.78. The minimum atomic E-state index is -0.638. The number of carbonyl (C=O) groups is 1. The van der Waals surface area contributed by atoms with Crippen molar-refractivity contribution in [2.45, 2.75) is 39.2 Å². The summed E-state index contributed by atoms with van der Waals surface area (Å²) < 4.78 is 0. The lowest BCUT2D eigenvalue weighted by atomic mass is 9.96. The van der Waals surface area contributed by atoms with Gasteiger partial charge in [0.05, 0.1) is 5.92 Å². The van der Waals surface area contributed by atoms with Crippen LogP contribution in [0.4, 0.5) is 0 Å². The first-order valence-electron chi connectivity index (χ1n) is 7.10. The Morgan fingerprint density at radius 1 is 1.25 bits per heavy atom. The van der Waals surface area contributed by atoms with Gasteiger partial charge in [0.1, 0.15) is 0 Å². The topological polar surface area (TPSA) is 40.5 Å². The number of rotatable bonds is 4. The van der Waals surface area contributed by atoms with E-state index in [1.807, 2.05) is 0 Å². The zero-order chi connectivity index (χ0) is 13.8. The zero-order valence-corrected chi connectivity index (χ0v) is 13.0. The molecule has 0 bridgehead atoms. The van der Waals surface area contributed by atoms with Gasteiger partial charge in [0.25, 0.3) is 0 Å². The molecule has 0 aromatic heterocycles. The Bertz CT molecular complexity index is 423. The normalized spacial score (nSPS) is 16.9. The van der Waals surface area contributed by atoms with Gasteiger partial charge in [0.2, 0.25) is 0 Å². The van der Waals surface area contributed by atoms with Crippen molar-refractivity contribution in [2.75, 3.05) is 13.1 Å². The summed E-state index contributed by atoms with van der Waals surface area (Å²) in [6.07, 6.45) is 1.55. The van der Waals surface area contributed by atoms with Gasteiger partial charge in [-0.05, 0) is 43.0 Å². The molecule has 112 valence electrons. The van der Waals surface area contributed by atoms with E-state index in [-0.39, 0.29) is 18.3 Å². The highest BCUT2D eigenvalue weighted by Crippen LogP contribution is 2.20. The number of hydrogen-bond donors (Lipinski definition) is 1. The molecule has 3 nitrogen and oxygen atoms in total. The van der Waals surface area contributed by atoms with Crippen LogP contribution in [-0.4, -0.2) is 29.1 Å². The Morgan fingerprint density at radius 2 is 1.80 bits per heavy atom. The van der Waals surface area contributed by atoms with Crippen molar-refractivity contribution in [1.82, 2.24) is 4.90 Å². The fraction of sp³-hybridized carbons (Fsp3) is 0.562. The fourth-order valence-electron chi connectivity index (χ4n) is 2.60. The molecule has 1 heterocycles. The van der Waals surface area contributed by atoms with Crippen molar-refractivity contribution in [3.05, 3.63) is 35.4 Å². The maximum atomic E-state index is 10.9. The summed E-state index contributed by atoms with van der Waals surface area (Å²) in [5.41, 5.74) is 2.69. The van der Waals surface area contributed by atoms with E-state index < -0.39 is 5.97 Å². The Kier molecular flexibility index (Phi) is 6.50. The van der Waals surface area contributed by atoms with E-state index in [1.54, 1.807) is 0 Å². The second kappa shape index (κ2) is 7.65. The molecule has 4 heteroatoms. The maximum Gasteiger partial charge on any atom is 0.306 e. The van der Waals surface area contributed by atoms with Gasteiger partial charge < -0.3 is 5.11 Å². The van der Waals surface area contributed by atoms with Gasteiger partial charge in [-0.15, -0.1) is 12.4 Å². The summed E-state index contributed by atoms with van der Waals surface area (Å²) in [7, 11) is 0. The first-order chi connectivity index (χ1) is 9.06. The minimum absolute atomic E-state index is 0. The first-order valence-corrected chi connectivity index (χ1v) is 7.10. The molecule has 1 aliphatic heterocycles. The lowest BCUT2D eigenvalue weighted by molar-refractivity contribution is -0.143. The number of piperidine rings is 1. The molecule has 0 saturated carbocycles. The van der Waals surface area contributed by atoms with Gasteiger partial charge in [-0.3, -0.25) is 9.69 Å². The molecule has 2 rings (SSSR count). The van der Waals surface area contributed by atoms with E-state index in [2.05, 4.69) is 43.0 Å². The number of aliphatic carboxylic acids is 1. The fourth-order valence-corrected chi connectivity index (χ4v) is 2.60. The van der Waals surface area contributed by atoms with Crippen LogP contribution in [0, 0.1) is 5.92 Å². The number of hydrogen-bond acceptors (Lipinski definition) is 2. The second-order valence-electron chi connectivity index (χ2n) is 5.78. The van der Waals surface area contributed by atoms with Gasteiger partial charge in [0, 0.05) is 6.54 Å². The van der Waals surface area contributed by atoms with Crippen LogP contribution in [0.15, 0.2) is 24.3 Å². The zero-order valence-electron chi connectivity index (χ0n) is 12.2. The van der Waals surface area contributed by atoms with Gasteiger partial charge in [-0.1, -0.05) is 38.1 Å². The summed E-state index contributed by atoms with van der Waals surface area (Å²) in [6.45, 7) is 7.12. The molecule has 1 N–H and O–H groups in total. The number of halogens is 1.